The molecule has 0 atom stereocenters. The van der Waals surface area contributed by atoms with Crippen LogP contribution in [0.5, 0.6) is 0 Å². The molecule has 0 heterocycles. The van der Waals surface area contributed by atoms with E-state index in [2.05, 4.69) is 6.58 Å². The molecule has 0 aliphatic carbocycles. The van der Waals surface area contributed by atoms with E-state index < -0.39 is 35.9 Å². The Kier molecular flexibility index (Phi) is 12.8. The van der Waals surface area contributed by atoms with Crippen molar-refractivity contribution in [3.05, 3.63) is 12.7 Å². The second kappa shape index (κ2) is 12.7. The van der Waals surface area contributed by atoms with Gasteiger partial charge in [-0.3, -0.25) is 0 Å². The van der Waals surface area contributed by atoms with Crippen LogP contribution < -0.4 is 0 Å². The van der Waals surface area contributed by atoms with Gasteiger partial charge in [-0.05, 0) is 0 Å². The minimum absolute atomic E-state index is 0.0491. The Morgan fingerprint density at radius 3 is 0.857 bits per heavy atom. The number of rotatable bonds is 17. The lowest BCUT2D eigenvalue weighted by molar-refractivity contribution is -0.0248. The topological polar surface area (TPSA) is 111 Å². The molecule has 0 N–H and O–H groups in total. The number of hydrogen-bond acceptors (Lipinski definition) is 12. The van der Waals surface area contributed by atoms with Gasteiger partial charge in [-0.15, -0.1) is 6.58 Å². The quantitative estimate of drug-likeness (QED) is 0.211. The fourth-order valence-electron chi connectivity index (χ4n) is 2.06. The lowest BCUT2D eigenvalue weighted by Gasteiger charge is -2.40. The molecule has 0 aromatic heterocycles. The van der Waals surface area contributed by atoms with Crippen molar-refractivity contribution in [2.45, 2.75) is 6.04 Å². The molecule has 0 unspecified atom stereocenters. The Hall–Kier alpha value is 0.128. The summed E-state index contributed by atoms with van der Waals surface area (Å²) in [7, 11) is -2.70. The zero-order chi connectivity index (χ0) is 21.9. The van der Waals surface area contributed by atoms with Crippen molar-refractivity contribution in [1.29, 1.82) is 0 Å². The second-order valence-corrected chi connectivity index (χ2v) is 15.7. The zero-order valence-corrected chi connectivity index (χ0v) is 21.9. The maximum atomic E-state index is 6.12. The van der Waals surface area contributed by atoms with E-state index in [4.69, 9.17) is 52.2 Å². The molecule has 168 valence electrons. The molecule has 0 radical (unpaired) electrons. The third kappa shape index (κ3) is 6.84. The maximum Gasteiger partial charge on any atom is 0.671 e. The molecule has 0 aromatic carbocycles. The van der Waals surface area contributed by atoms with Gasteiger partial charge in [0.1, 0.15) is 0 Å². The molecule has 0 saturated carbocycles. The lowest BCUT2D eigenvalue weighted by atomic mass is 10.8. The first-order chi connectivity index (χ1) is 13.2. The van der Waals surface area contributed by atoms with E-state index in [1.807, 2.05) is 0 Å². The first-order valence-corrected chi connectivity index (χ1v) is 14.7. The highest BCUT2D eigenvalue weighted by molar-refractivity contribution is 6.82. The Balaban J connectivity index is 6.43. The molecule has 12 nitrogen and oxygen atoms in total. The Morgan fingerprint density at radius 2 is 0.714 bits per heavy atom. The summed E-state index contributed by atoms with van der Waals surface area (Å²) in [6.45, 7) is 3.74. The normalized spacial score (nSPS) is 13.8. The molecule has 0 aromatic rings. The summed E-state index contributed by atoms with van der Waals surface area (Å²) >= 11 is 0. The standard InChI is InChI=1S/C12H32O12Si4/c1-11-12-25(22-26(13-2,14-3)15-4,23-27(16-5,17-6)18-7)24-28(19-8,20-9)21-10/h11H,1,12H2,2-10H3. The van der Waals surface area contributed by atoms with Gasteiger partial charge in [0.25, 0.3) is 0 Å². The molecular formula is C12H32O12Si4. The van der Waals surface area contributed by atoms with Crippen LogP contribution in [0.4, 0.5) is 0 Å². The van der Waals surface area contributed by atoms with E-state index >= 15 is 0 Å². The Morgan fingerprint density at radius 1 is 0.500 bits per heavy atom. The third-order valence-electron chi connectivity index (χ3n) is 3.49. The summed E-state index contributed by atoms with van der Waals surface area (Å²) in [6.07, 6.45) is 1.52. The van der Waals surface area contributed by atoms with Gasteiger partial charge in [0, 0.05) is 70.0 Å². The molecule has 0 aliphatic rings. The van der Waals surface area contributed by atoms with E-state index in [9.17, 15) is 0 Å². The molecule has 0 fully saturated rings. The average Bonchev–Trinajstić information content (AvgIpc) is 2.75. The summed E-state index contributed by atoms with van der Waals surface area (Å²) in [6, 6.07) is 0.0491. The number of allylic oxidation sites excluding steroid dienone is 1. The Bertz CT molecular complexity index is 364. The van der Waals surface area contributed by atoms with Crippen molar-refractivity contribution in [3.63, 3.8) is 0 Å². The predicted molar refractivity (Wildman–Crippen MR) is 104 cm³/mol. The third-order valence-corrected chi connectivity index (χ3v) is 15.5. The first kappa shape index (κ1) is 28.1. The summed E-state index contributed by atoms with van der Waals surface area (Å²) < 4.78 is 66.7. The minimum Gasteiger partial charge on any atom is -0.355 e. The van der Waals surface area contributed by atoms with Gasteiger partial charge < -0.3 is 52.2 Å². The van der Waals surface area contributed by atoms with Crippen molar-refractivity contribution in [2.75, 3.05) is 64.0 Å². The number of hydrogen-bond donors (Lipinski definition) is 0. The van der Waals surface area contributed by atoms with E-state index in [0.717, 1.165) is 0 Å². The molecule has 0 saturated heterocycles. The monoisotopic (exact) mass is 480 g/mol. The Labute approximate surface area is 171 Å². The summed E-state index contributed by atoms with van der Waals surface area (Å²) in [5.41, 5.74) is 0. The van der Waals surface area contributed by atoms with Crippen molar-refractivity contribution in [1.82, 2.24) is 0 Å². The van der Waals surface area contributed by atoms with Crippen LogP contribution in [-0.4, -0.2) is 99.9 Å². The molecule has 0 bridgehead atoms. The van der Waals surface area contributed by atoms with Gasteiger partial charge in [0.05, 0.1) is 0 Å². The van der Waals surface area contributed by atoms with Crippen molar-refractivity contribution >= 4 is 35.9 Å². The SMILES string of the molecule is C=CC[Si](O[Si](OC)(OC)OC)(O[Si](OC)(OC)OC)O[Si](OC)(OC)OC. The largest absolute Gasteiger partial charge is 0.671 e. The highest BCUT2D eigenvalue weighted by Gasteiger charge is 2.65. The van der Waals surface area contributed by atoms with Gasteiger partial charge in [0.2, 0.25) is 0 Å². The molecular weight excluding hydrogens is 448 g/mol. The summed E-state index contributed by atoms with van der Waals surface area (Å²) in [5, 5.41) is 0. The molecule has 16 heteroatoms. The minimum atomic E-state index is -3.95. The molecule has 28 heavy (non-hydrogen) atoms. The zero-order valence-electron chi connectivity index (χ0n) is 17.9. The summed E-state index contributed by atoms with van der Waals surface area (Å²) in [5.74, 6) is 0. The fraction of sp³-hybridized carbons (Fsp3) is 0.833. The average molecular weight is 481 g/mol. The van der Waals surface area contributed by atoms with Crippen molar-refractivity contribution in [2.24, 2.45) is 0 Å². The van der Waals surface area contributed by atoms with E-state index in [-0.39, 0.29) is 6.04 Å². The van der Waals surface area contributed by atoms with Crippen LogP contribution in [0.25, 0.3) is 0 Å². The van der Waals surface area contributed by atoms with Crippen LogP contribution in [0.2, 0.25) is 6.04 Å². The van der Waals surface area contributed by atoms with E-state index in [1.54, 1.807) is 0 Å². The van der Waals surface area contributed by atoms with Gasteiger partial charge in [-0.25, -0.2) is 0 Å². The maximum absolute atomic E-state index is 6.12. The van der Waals surface area contributed by atoms with E-state index in [1.165, 1.54) is 70.1 Å². The second-order valence-electron chi connectivity index (χ2n) is 4.82. The van der Waals surface area contributed by atoms with Gasteiger partial charge in [-0.2, -0.15) is 0 Å². The van der Waals surface area contributed by atoms with Gasteiger partial charge in [0.15, 0.2) is 0 Å². The lowest BCUT2D eigenvalue weighted by Crippen LogP contribution is -2.69. The van der Waals surface area contributed by atoms with Gasteiger partial charge >= 0.3 is 35.9 Å². The van der Waals surface area contributed by atoms with Crippen LogP contribution >= 0.6 is 0 Å². The molecule has 0 rings (SSSR count). The fourth-order valence-corrected chi connectivity index (χ4v) is 14.1. The molecule has 0 aliphatic heterocycles. The van der Waals surface area contributed by atoms with Crippen LogP contribution in [0.1, 0.15) is 0 Å². The van der Waals surface area contributed by atoms with Crippen molar-refractivity contribution < 1.29 is 52.2 Å². The van der Waals surface area contributed by atoms with Crippen LogP contribution in [0.3, 0.4) is 0 Å². The highest BCUT2D eigenvalue weighted by atomic mass is 28.5. The molecule has 0 amide bonds. The van der Waals surface area contributed by atoms with Gasteiger partial charge in [-0.1, -0.05) is 6.08 Å². The summed E-state index contributed by atoms with van der Waals surface area (Å²) in [4.78, 5) is 0. The van der Waals surface area contributed by atoms with Crippen LogP contribution in [0.15, 0.2) is 12.7 Å². The van der Waals surface area contributed by atoms with E-state index in [0.29, 0.717) is 0 Å². The van der Waals surface area contributed by atoms with Crippen LogP contribution in [0, 0.1) is 0 Å². The van der Waals surface area contributed by atoms with Crippen LogP contribution in [-0.2, 0) is 52.2 Å². The predicted octanol–water partition coefficient (Wildman–Crippen LogP) is 0.286. The molecule has 0 spiro atoms. The highest BCUT2D eigenvalue weighted by Crippen LogP contribution is 2.31. The van der Waals surface area contributed by atoms with Crippen molar-refractivity contribution in [3.8, 4) is 0 Å². The first-order valence-electron chi connectivity index (χ1n) is 7.91. The smallest absolute Gasteiger partial charge is 0.355 e.